The monoisotopic (exact) mass is 173 g/mol. The Morgan fingerprint density at radius 3 is 2.33 bits per heavy atom. The highest BCUT2D eigenvalue weighted by atomic mass is 16.3. The SMILES string of the molecule is CCCCCC(C)(CCO)NC. The molecular weight excluding hydrogens is 150 g/mol. The normalized spacial score (nSPS) is 16.0. The Labute approximate surface area is 76.4 Å². The van der Waals surface area contributed by atoms with Gasteiger partial charge >= 0.3 is 0 Å². The molecule has 0 bridgehead atoms. The molecule has 0 aromatic rings. The number of hydrogen-bond donors (Lipinski definition) is 2. The molecule has 2 heteroatoms. The first-order valence-corrected chi connectivity index (χ1v) is 4.98. The van der Waals surface area contributed by atoms with E-state index < -0.39 is 0 Å². The second kappa shape index (κ2) is 6.44. The van der Waals surface area contributed by atoms with Gasteiger partial charge in [-0.1, -0.05) is 26.2 Å². The molecular formula is C10H23NO. The third-order valence-corrected chi connectivity index (χ3v) is 2.60. The molecule has 74 valence electrons. The summed E-state index contributed by atoms with van der Waals surface area (Å²) in [6.45, 7) is 4.67. The van der Waals surface area contributed by atoms with E-state index in [9.17, 15) is 0 Å². The number of unbranched alkanes of at least 4 members (excludes halogenated alkanes) is 2. The molecule has 0 spiro atoms. The lowest BCUT2D eigenvalue weighted by molar-refractivity contribution is 0.216. The molecule has 0 fully saturated rings. The largest absolute Gasteiger partial charge is 0.396 e. The molecule has 0 radical (unpaired) electrons. The van der Waals surface area contributed by atoms with Crippen LogP contribution in [0, 0.1) is 0 Å². The second-order valence-corrected chi connectivity index (χ2v) is 3.74. The van der Waals surface area contributed by atoms with Crippen molar-refractivity contribution < 1.29 is 5.11 Å². The van der Waals surface area contributed by atoms with Crippen LogP contribution in [0.2, 0.25) is 0 Å². The molecule has 1 unspecified atom stereocenters. The molecule has 0 saturated carbocycles. The number of rotatable bonds is 7. The third kappa shape index (κ3) is 4.73. The van der Waals surface area contributed by atoms with E-state index in [4.69, 9.17) is 5.11 Å². The van der Waals surface area contributed by atoms with Gasteiger partial charge in [0.1, 0.15) is 0 Å². The molecule has 2 N–H and O–H groups in total. The van der Waals surface area contributed by atoms with Gasteiger partial charge in [-0.05, 0) is 26.8 Å². The number of aliphatic hydroxyl groups excluding tert-OH is 1. The first-order chi connectivity index (χ1) is 5.68. The highest BCUT2D eigenvalue weighted by molar-refractivity contribution is 4.80. The maximum atomic E-state index is 8.85. The van der Waals surface area contributed by atoms with E-state index in [1.54, 1.807) is 0 Å². The maximum Gasteiger partial charge on any atom is 0.0448 e. The zero-order valence-electron chi connectivity index (χ0n) is 8.69. The van der Waals surface area contributed by atoms with Gasteiger partial charge < -0.3 is 10.4 Å². The fourth-order valence-electron chi connectivity index (χ4n) is 1.39. The van der Waals surface area contributed by atoms with Gasteiger partial charge in [0.15, 0.2) is 0 Å². The summed E-state index contributed by atoms with van der Waals surface area (Å²) in [5.41, 5.74) is 0.143. The van der Waals surface area contributed by atoms with Crippen molar-refractivity contribution >= 4 is 0 Å². The summed E-state index contributed by atoms with van der Waals surface area (Å²) in [6.07, 6.45) is 5.83. The van der Waals surface area contributed by atoms with Crippen molar-refractivity contribution in [2.75, 3.05) is 13.7 Å². The summed E-state index contributed by atoms with van der Waals surface area (Å²) < 4.78 is 0. The zero-order valence-corrected chi connectivity index (χ0v) is 8.69. The summed E-state index contributed by atoms with van der Waals surface area (Å²) in [4.78, 5) is 0. The van der Waals surface area contributed by atoms with Crippen LogP contribution in [0.1, 0.15) is 46.0 Å². The lowest BCUT2D eigenvalue weighted by atomic mass is 9.91. The number of nitrogens with one attached hydrogen (secondary N) is 1. The molecule has 0 rings (SSSR count). The van der Waals surface area contributed by atoms with Gasteiger partial charge in [-0.3, -0.25) is 0 Å². The van der Waals surface area contributed by atoms with Crippen molar-refractivity contribution in [1.29, 1.82) is 0 Å². The van der Waals surface area contributed by atoms with Crippen LogP contribution in [-0.4, -0.2) is 24.3 Å². The molecule has 0 amide bonds. The summed E-state index contributed by atoms with van der Waals surface area (Å²) >= 11 is 0. The quantitative estimate of drug-likeness (QED) is 0.577. The predicted octanol–water partition coefficient (Wildman–Crippen LogP) is 1.93. The Balaban J connectivity index is 3.63. The fourth-order valence-corrected chi connectivity index (χ4v) is 1.39. The van der Waals surface area contributed by atoms with Crippen LogP contribution >= 0.6 is 0 Å². The highest BCUT2D eigenvalue weighted by Crippen LogP contribution is 2.17. The van der Waals surface area contributed by atoms with Gasteiger partial charge in [0.05, 0.1) is 0 Å². The highest BCUT2D eigenvalue weighted by Gasteiger charge is 2.19. The zero-order chi connectivity index (χ0) is 9.45. The molecule has 0 aliphatic carbocycles. The first kappa shape index (κ1) is 11.9. The molecule has 2 nitrogen and oxygen atoms in total. The summed E-state index contributed by atoms with van der Waals surface area (Å²) in [7, 11) is 1.97. The van der Waals surface area contributed by atoms with Crippen LogP contribution in [0.4, 0.5) is 0 Å². The van der Waals surface area contributed by atoms with Crippen molar-refractivity contribution in [1.82, 2.24) is 5.32 Å². The average Bonchev–Trinajstić information content (AvgIpc) is 2.06. The molecule has 12 heavy (non-hydrogen) atoms. The lowest BCUT2D eigenvalue weighted by Gasteiger charge is -2.28. The van der Waals surface area contributed by atoms with Crippen LogP contribution < -0.4 is 5.32 Å². The van der Waals surface area contributed by atoms with Gasteiger partial charge in [0, 0.05) is 12.1 Å². The minimum absolute atomic E-state index is 0.143. The van der Waals surface area contributed by atoms with Crippen molar-refractivity contribution in [3.63, 3.8) is 0 Å². The van der Waals surface area contributed by atoms with Gasteiger partial charge in [0.2, 0.25) is 0 Å². The van der Waals surface area contributed by atoms with Crippen LogP contribution in [0.15, 0.2) is 0 Å². The van der Waals surface area contributed by atoms with Gasteiger partial charge in [-0.25, -0.2) is 0 Å². The van der Waals surface area contributed by atoms with E-state index in [2.05, 4.69) is 19.2 Å². The van der Waals surface area contributed by atoms with E-state index in [0.29, 0.717) is 0 Å². The minimum Gasteiger partial charge on any atom is -0.396 e. The Hall–Kier alpha value is -0.0800. The first-order valence-electron chi connectivity index (χ1n) is 4.98. The minimum atomic E-state index is 0.143. The van der Waals surface area contributed by atoms with E-state index in [1.807, 2.05) is 7.05 Å². The summed E-state index contributed by atoms with van der Waals surface area (Å²) in [6, 6.07) is 0. The van der Waals surface area contributed by atoms with Crippen LogP contribution in [0.3, 0.4) is 0 Å². The Kier molecular flexibility index (Phi) is 6.39. The molecule has 0 aliphatic heterocycles. The van der Waals surface area contributed by atoms with Crippen molar-refractivity contribution in [2.45, 2.75) is 51.5 Å². The number of hydrogen-bond acceptors (Lipinski definition) is 2. The van der Waals surface area contributed by atoms with Crippen LogP contribution in [-0.2, 0) is 0 Å². The molecule has 0 saturated heterocycles. The third-order valence-electron chi connectivity index (χ3n) is 2.60. The predicted molar refractivity (Wildman–Crippen MR) is 53.3 cm³/mol. The van der Waals surface area contributed by atoms with E-state index in [-0.39, 0.29) is 12.1 Å². The van der Waals surface area contributed by atoms with Crippen molar-refractivity contribution in [3.05, 3.63) is 0 Å². The molecule has 1 atom stereocenters. The number of aliphatic hydroxyl groups is 1. The summed E-state index contributed by atoms with van der Waals surface area (Å²) in [5.74, 6) is 0. The second-order valence-electron chi connectivity index (χ2n) is 3.74. The Morgan fingerprint density at radius 1 is 1.25 bits per heavy atom. The maximum absolute atomic E-state index is 8.85. The van der Waals surface area contributed by atoms with Gasteiger partial charge in [0.25, 0.3) is 0 Å². The average molecular weight is 173 g/mol. The van der Waals surface area contributed by atoms with Crippen molar-refractivity contribution in [3.8, 4) is 0 Å². The standard InChI is InChI=1S/C10H23NO/c1-4-5-6-7-10(2,11-3)8-9-12/h11-12H,4-9H2,1-3H3. The molecule has 0 aromatic heterocycles. The van der Waals surface area contributed by atoms with E-state index in [0.717, 1.165) is 12.8 Å². The lowest BCUT2D eigenvalue weighted by Crippen LogP contribution is -2.40. The van der Waals surface area contributed by atoms with Gasteiger partial charge in [-0.2, -0.15) is 0 Å². The van der Waals surface area contributed by atoms with E-state index in [1.165, 1.54) is 19.3 Å². The Bertz CT molecular complexity index is 106. The van der Waals surface area contributed by atoms with E-state index >= 15 is 0 Å². The van der Waals surface area contributed by atoms with Crippen LogP contribution in [0.25, 0.3) is 0 Å². The molecule has 0 aliphatic rings. The van der Waals surface area contributed by atoms with Crippen molar-refractivity contribution in [2.24, 2.45) is 0 Å². The molecule has 0 heterocycles. The summed E-state index contributed by atoms with van der Waals surface area (Å²) in [5, 5.41) is 12.1. The van der Waals surface area contributed by atoms with Gasteiger partial charge in [-0.15, -0.1) is 0 Å². The van der Waals surface area contributed by atoms with Crippen LogP contribution in [0.5, 0.6) is 0 Å². The Morgan fingerprint density at radius 2 is 1.92 bits per heavy atom. The smallest absolute Gasteiger partial charge is 0.0448 e. The topological polar surface area (TPSA) is 32.3 Å². The fraction of sp³-hybridized carbons (Fsp3) is 1.00. The molecule has 0 aromatic carbocycles.